The van der Waals surface area contributed by atoms with Gasteiger partial charge in [-0.3, -0.25) is 24.3 Å². The number of benzene rings is 4. The van der Waals surface area contributed by atoms with Gasteiger partial charge in [-0.2, -0.15) is 0 Å². The molecule has 6 aromatic rings. The quantitative estimate of drug-likeness (QED) is 0.149. The van der Waals surface area contributed by atoms with E-state index < -0.39 is 11.8 Å². The molecule has 2 aromatic heterocycles. The number of piperidine rings is 1. The number of nitrogens with one attached hydrogen (secondary N) is 2. The summed E-state index contributed by atoms with van der Waals surface area (Å²) in [5, 5.41) is 6.02. The molecule has 0 atom stereocenters. The van der Waals surface area contributed by atoms with E-state index in [1.54, 1.807) is 24.3 Å². The van der Waals surface area contributed by atoms with Gasteiger partial charge in [0.1, 0.15) is 5.58 Å². The van der Waals surface area contributed by atoms with Crippen molar-refractivity contribution in [1.82, 2.24) is 9.88 Å². The van der Waals surface area contributed by atoms with Crippen LogP contribution in [0.1, 0.15) is 50.8 Å². The van der Waals surface area contributed by atoms with E-state index in [4.69, 9.17) is 13.9 Å². The van der Waals surface area contributed by atoms with Gasteiger partial charge in [-0.05, 0) is 103 Å². The average Bonchev–Trinajstić information content (AvgIpc) is 3.18. The van der Waals surface area contributed by atoms with Crippen LogP contribution in [-0.2, 0) is 6.54 Å². The van der Waals surface area contributed by atoms with Crippen LogP contribution in [0.5, 0.6) is 11.5 Å². The molecular formula is C42H38N4O6. The van der Waals surface area contributed by atoms with Crippen LogP contribution in [-0.4, -0.2) is 49.0 Å². The number of aromatic nitrogens is 1. The van der Waals surface area contributed by atoms with E-state index in [9.17, 15) is 14.4 Å². The molecule has 4 aromatic carbocycles. The SMILES string of the molecule is COc1cc(NC(=O)c2cc(=O)c3ccccc3o2)c(C(=O)Nc2ccc(C3CCN(Cc4cccc(-c5ccncc5)c4)CC3)cc2)cc1OC. The summed E-state index contributed by atoms with van der Waals surface area (Å²) in [6.07, 6.45) is 5.73. The Hall–Kier alpha value is -6.26. The molecule has 10 nitrogen and oxygen atoms in total. The second-order valence-electron chi connectivity index (χ2n) is 12.7. The third-order valence-electron chi connectivity index (χ3n) is 9.45. The van der Waals surface area contributed by atoms with Gasteiger partial charge in [0.15, 0.2) is 22.7 Å². The topological polar surface area (TPSA) is 123 Å². The van der Waals surface area contributed by atoms with Crippen molar-refractivity contribution in [1.29, 1.82) is 0 Å². The van der Waals surface area contributed by atoms with Crippen molar-refractivity contribution < 1.29 is 23.5 Å². The summed E-state index contributed by atoms with van der Waals surface area (Å²) in [4.78, 5) is 46.3. The van der Waals surface area contributed by atoms with Crippen molar-refractivity contribution in [3.63, 3.8) is 0 Å². The summed E-state index contributed by atoms with van der Waals surface area (Å²) in [7, 11) is 2.92. The monoisotopic (exact) mass is 694 g/mol. The molecule has 7 rings (SSSR count). The summed E-state index contributed by atoms with van der Waals surface area (Å²) >= 11 is 0. The minimum absolute atomic E-state index is 0.136. The van der Waals surface area contributed by atoms with Gasteiger partial charge in [0.2, 0.25) is 0 Å². The molecule has 1 fully saturated rings. The highest BCUT2D eigenvalue weighted by molar-refractivity contribution is 6.12. The fraction of sp³-hybridized carbons (Fsp3) is 0.190. The van der Waals surface area contributed by atoms with E-state index in [-0.39, 0.29) is 28.0 Å². The zero-order valence-electron chi connectivity index (χ0n) is 28.9. The van der Waals surface area contributed by atoms with Crippen LogP contribution in [0.15, 0.2) is 125 Å². The van der Waals surface area contributed by atoms with Crippen LogP contribution in [0.25, 0.3) is 22.1 Å². The summed E-state index contributed by atoms with van der Waals surface area (Å²) in [5.41, 5.74) is 5.72. The van der Waals surface area contributed by atoms with E-state index >= 15 is 0 Å². The maximum Gasteiger partial charge on any atom is 0.291 e. The number of hydrogen-bond donors (Lipinski definition) is 2. The molecule has 52 heavy (non-hydrogen) atoms. The molecule has 10 heteroatoms. The van der Waals surface area contributed by atoms with E-state index in [1.165, 1.54) is 48.6 Å². The summed E-state index contributed by atoms with van der Waals surface area (Å²) in [6, 6.07) is 31.5. The van der Waals surface area contributed by atoms with Crippen molar-refractivity contribution in [3.05, 3.63) is 148 Å². The number of hydrogen-bond acceptors (Lipinski definition) is 8. The first-order valence-corrected chi connectivity index (χ1v) is 17.1. The van der Waals surface area contributed by atoms with Crippen LogP contribution in [0.3, 0.4) is 0 Å². The predicted molar refractivity (Wildman–Crippen MR) is 201 cm³/mol. The smallest absolute Gasteiger partial charge is 0.291 e. The highest BCUT2D eigenvalue weighted by Crippen LogP contribution is 2.35. The molecule has 1 saturated heterocycles. The summed E-state index contributed by atoms with van der Waals surface area (Å²) < 4.78 is 16.6. The van der Waals surface area contributed by atoms with Gasteiger partial charge < -0.3 is 24.5 Å². The van der Waals surface area contributed by atoms with Crippen molar-refractivity contribution >= 4 is 34.2 Å². The number of likely N-dealkylation sites (tertiary alicyclic amines) is 1. The van der Waals surface area contributed by atoms with Gasteiger partial charge in [0.25, 0.3) is 11.8 Å². The highest BCUT2D eigenvalue weighted by atomic mass is 16.5. The van der Waals surface area contributed by atoms with E-state index in [0.717, 1.165) is 38.5 Å². The van der Waals surface area contributed by atoms with Gasteiger partial charge in [-0.15, -0.1) is 0 Å². The molecule has 0 aliphatic carbocycles. The second-order valence-corrected chi connectivity index (χ2v) is 12.7. The largest absolute Gasteiger partial charge is 0.493 e. The fourth-order valence-corrected chi connectivity index (χ4v) is 6.68. The molecule has 0 unspecified atom stereocenters. The van der Waals surface area contributed by atoms with Crippen molar-refractivity contribution in [2.45, 2.75) is 25.3 Å². The van der Waals surface area contributed by atoms with E-state index in [2.05, 4.69) is 56.9 Å². The predicted octanol–water partition coefficient (Wildman–Crippen LogP) is 7.76. The van der Waals surface area contributed by atoms with Gasteiger partial charge in [0.05, 0.1) is 30.9 Å². The van der Waals surface area contributed by atoms with E-state index in [1.807, 2.05) is 36.7 Å². The standard InChI is InChI=1S/C42H38N4O6/c1-50-38-23-34(35(24-39(38)51-2)45-42(49)40-25-36(47)33-8-3-4-9-37(33)52-40)41(48)44-32-12-10-28(11-13-32)30-16-20-46(21-17-30)26-27-6-5-7-31(22-27)29-14-18-43-19-15-29/h3-15,18-19,22-25,30H,16-17,20-21,26H2,1-2H3,(H,44,48)(H,45,49). The maximum absolute atomic E-state index is 13.7. The lowest BCUT2D eigenvalue weighted by atomic mass is 9.89. The Morgan fingerprint density at radius 1 is 0.788 bits per heavy atom. The minimum Gasteiger partial charge on any atom is -0.493 e. The second kappa shape index (κ2) is 15.3. The van der Waals surface area contributed by atoms with Crippen molar-refractivity contribution in [2.75, 3.05) is 37.9 Å². The van der Waals surface area contributed by atoms with Gasteiger partial charge in [0, 0.05) is 36.8 Å². The van der Waals surface area contributed by atoms with Crippen LogP contribution >= 0.6 is 0 Å². The zero-order valence-corrected chi connectivity index (χ0v) is 28.9. The van der Waals surface area contributed by atoms with Crippen LogP contribution in [0, 0.1) is 0 Å². The first kappa shape index (κ1) is 34.2. The van der Waals surface area contributed by atoms with Gasteiger partial charge >= 0.3 is 0 Å². The number of methoxy groups -OCH3 is 2. The first-order chi connectivity index (χ1) is 25.4. The molecule has 0 bridgehead atoms. The Morgan fingerprint density at radius 2 is 1.52 bits per heavy atom. The lowest BCUT2D eigenvalue weighted by Crippen LogP contribution is -2.32. The molecule has 2 amide bonds. The first-order valence-electron chi connectivity index (χ1n) is 17.1. The Balaban J connectivity index is 1.01. The number of carbonyl (C=O) groups is 2. The Labute approximate surface area is 301 Å². The maximum atomic E-state index is 13.7. The number of rotatable bonds is 10. The third kappa shape index (κ3) is 7.57. The number of ether oxygens (including phenoxy) is 2. The molecule has 1 aliphatic heterocycles. The number of amides is 2. The highest BCUT2D eigenvalue weighted by Gasteiger charge is 2.23. The number of nitrogens with zero attached hydrogens (tertiary/aromatic N) is 2. The minimum atomic E-state index is -0.696. The number of fused-ring (bicyclic) bond motifs is 1. The van der Waals surface area contributed by atoms with Crippen LogP contribution in [0.2, 0.25) is 0 Å². The Morgan fingerprint density at radius 3 is 2.27 bits per heavy atom. The number of pyridine rings is 1. The number of para-hydroxylation sites is 1. The third-order valence-corrected chi connectivity index (χ3v) is 9.45. The zero-order chi connectivity index (χ0) is 36.0. The number of anilines is 2. The molecule has 0 radical (unpaired) electrons. The number of carbonyl (C=O) groups excluding carboxylic acids is 2. The van der Waals surface area contributed by atoms with Gasteiger partial charge in [-0.1, -0.05) is 42.5 Å². The Bertz CT molecular complexity index is 2280. The normalized spacial score (nSPS) is 13.4. The lowest BCUT2D eigenvalue weighted by molar-refractivity contribution is 0.0997. The fourth-order valence-electron chi connectivity index (χ4n) is 6.68. The molecule has 262 valence electrons. The van der Waals surface area contributed by atoms with Crippen molar-refractivity contribution in [2.24, 2.45) is 0 Å². The van der Waals surface area contributed by atoms with Crippen LogP contribution < -0.4 is 25.5 Å². The summed E-state index contributed by atoms with van der Waals surface area (Å²) in [5.74, 6) is -0.314. The molecule has 3 heterocycles. The lowest BCUT2D eigenvalue weighted by Gasteiger charge is -2.32. The van der Waals surface area contributed by atoms with E-state index in [0.29, 0.717) is 28.5 Å². The summed E-state index contributed by atoms with van der Waals surface area (Å²) in [6.45, 7) is 2.91. The molecular weight excluding hydrogens is 656 g/mol. The van der Waals surface area contributed by atoms with Crippen molar-refractivity contribution in [3.8, 4) is 22.6 Å². The molecule has 0 spiro atoms. The van der Waals surface area contributed by atoms with Crippen LogP contribution in [0.4, 0.5) is 11.4 Å². The average molecular weight is 695 g/mol. The molecule has 2 N–H and O–H groups in total. The molecule has 0 saturated carbocycles. The van der Waals surface area contributed by atoms with Gasteiger partial charge in [-0.25, -0.2) is 0 Å². The molecule has 1 aliphatic rings. The Kier molecular flexibility index (Phi) is 10.1.